The topological polar surface area (TPSA) is 63.2 Å². The highest BCUT2D eigenvalue weighted by molar-refractivity contribution is 5.89. The third kappa shape index (κ3) is 5.33. The van der Waals surface area contributed by atoms with Crippen LogP contribution in [0.4, 0.5) is 10.5 Å². The lowest BCUT2D eigenvalue weighted by molar-refractivity contribution is 0.171. The summed E-state index contributed by atoms with van der Waals surface area (Å²) in [6, 6.07) is 12.9. The largest absolute Gasteiger partial charge is 0.385 e. The molecule has 1 aliphatic rings. The molecular formula is C21H23N3O2. The van der Waals surface area contributed by atoms with Gasteiger partial charge in [0.15, 0.2) is 0 Å². The summed E-state index contributed by atoms with van der Waals surface area (Å²) < 4.78 is 5.14. The first-order valence-electron chi connectivity index (χ1n) is 8.76. The molecule has 0 aliphatic heterocycles. The van der Waals surface area contributed by atoms with E-state index in [1.807, 2.05) is 42.5 Å². The smallest absolute Gasteiger partial charge is 0.319 e. The van der Waals surface area contributed by atoms with Crippen molar-refractivity contribution in [3.63, 3.8) is 0 Å². The molecule has 1 aromatic carbocycles. The van der Waals surface area contributed by atoms with Gasteiger partial charge in [0.2, 0.25) is 0 Å². The van der Waals surface area contributed by atoms with E-state index in [9.17, 15) is 4.79 Å². The molecule has 0 radical (unpaired) electrons. The van der Waals surface area contributed by atoms with E-state index in [4.69, 9.17) is 4.74 Å². The molecule has 0 bridgehead atoms. The van der Waals surface area contributed by atoms with Crippen LogP contribution in [0.3, 0.4) is 0 Å². The molecule has 2 amide bonds. The molecule has 0 spiro atoms. The van der Waals surface area contributed by atoms with Crippen LogP contribution in [0.15, 0.2) is 48.7 Å². The Labute approximate surface area is 154 Å². The van der Waals surface area contributed by atoms with Gasteiger partial charge in [0.25, 0.3) is 0 Å². The molecule has 26 heavy (non-hydrogen) atoms. The van der Waals surface area contributed by atoms with Crippen LogP contribution in [0.2, 0.25) is 0 Å². The van der Waals surface area contributed by atoms with E-state index in [0.29, 0.717) is 6.54 Å². The van der Waals surface area contributed by atoms with Crippen molar-refractivity contribution in [2.75, 3.05) is 25.6 Å². The van der Waals surface area contributed by atoms with Crippen molar-refractivity contribution in [2.24, 2.45) is 5.41 Å². The molecular weight excluding hydrogens is 326 g/mol. The predicted molar refractivity (Wildman–Crippen MR) is 102 cm³/mol. The minimum absolute atomic E-state index is 0.191. The zero-order valence-electron chi connectivity index (χ0n) is 14.9. The van der Waals surface area contributed by atoms with Crippen molar-refractivity contribution in [2.45, 2.75) is 19.3 Å². The van der Waals surface area contributed by atoms with Crippen LogP contribution < -0.4 is 10.6 Å². The van der Waals surface area contributed by atoms with Gasteiger partial charge in [-0.2, -0.15) is 0 Å². The molecule has 1 aromatic heterocycles. The lowest BCUT2D eigenvalue weighted by Crippen LogP contribution is -2.34. The molecule has 3 rings (SSSR count). The van der Waals surface area contributed by atoms with E-state index >= 15 is 0 Å². The predicted octanol–water partition coefficient (Wildman–Crippen LogP) is 3.42. The molecule has 0 atom stereocenters. The van der Waals surface area contributed by atoms with Crippen LogP contribution in [0.5, 0.6) is 0 Å². The summed E-state index contributed by atoms with van der Waals surface area (Å²) in [5, 5.41) is 5.84. The average Bonchev–Trinajstić information content (AvgIpc) is 3.45. The molecule has 1 heterocycles. The Morgan fingerprint density at radius 3 is 2.85 bits per heavy atom. The SMILES string of the molecule is COCCC1(CNC(=O)Nc2cccc(C#Cc3ccccn3)c2)CC1. The number of nitrogens with one attached hydrogen (secondary N) is 2. The van der Waals surface area contributed by atoms with E-state index in [0.717, 1.165) is 42.8 Å². The maximum Gasteiger partial charge on any atom is 0.319 e. The molecule has 5 nitrogen and oxygen atoms in total. The van der Waals surface area contributed by atoms with Crippen molar-refractivity contribution in [3.05, 3.63) is 59.9 Å². The molecule has 0 saturated heterocycles. The van der Waals surface area contributed by atoms with E-state index in [-0.39, 0.29) is 11.4 Å². The quantitative estimate of drug-likeness (QED) is 0.786. The van der Waals surface area contributed by atoms with E-state index in [2.05, 4.69) is 27.5 Å². The lowest BCUT2D eigenvalue weighted by Gasteiger charge is -2.16. The first-order chi connectivity index (χ1) is 12.7. The molecule has 0 unspecified atom stereocenters. The van der Waals surface area contributed by atoms with Gasteiger partial charge in [0.05, 0.1) is 0 Å². The standard InChI is InChI=1S/C21H23N3O2/c1-26-14-12-21(10-11-21)16-23-20(25)24-19-7-4-5-17(15-19)8-9-18-6-2-3-13-22-18/h2-7,13,15H,10-12,14,16H2,1H3,(H2,23,24,25). The Balaban J connectivity index is 1.54. The molecule has 1 aliphatic carbocycles. The number of benzene rings is 1. The Morgan fingerprint density at radius 2 is 2.12 bits per heavy atom. The number of anilines is 1. The fourth-order valence-corrected chi connectivity index (χ4v) is 2.70. The lowest BCUT2D eigenvalue weighted by atomic mass is 10.0. The van der Waals surface area contributed by atoms with Crippen LogP contribution in [0.1, 0.15) is 30.5 Å². The maximum absolute atomic E-state index is 12.2. The average molecular weight is 349 g/mol. The van der Waals surface area contributed by atoms with E-state index in [1.54, 1.807) is 13.3 Å². The van der Waals surface area contributed by atoms with Crippen LogP contribution in [0.25, 0.3) is 0 Å². The Bertz CT molecular complexity index is 805. The summed E-state index contributed by atoms with van der Waals surface area (Å²) in [4.78, 5) is 16.3. The van der Waals surface area contributed by atoms with Crippen molar-refractivity contribution < 1.29 is 9.53 Å². The second kappa shape index (κ2) is 8.50. The minimum atomic E-state index is -0.191. The van der Waals surface area contributed by atoms with Crippen LogP contribution >= 0.6 is 0 Å². The third-order valence-electron chi connectivity index (χ3n) is 4.54. The van der Waals surface area contributed by atoms with E-state index < -0.39 is 0 Å². The van der Waals surface area contributed by atoms with Gasteiger partial charge < -0.3 is 15.4 Å². The molecule has 134 valence electrons. The Hall–Kier alpha value is -2.84. The number of rotatable bonds is 6. The van der Waals surface area contributed by atoms with Crippen LogP contribution in [-0.2, 0) is 4.74 Å². The van der Waals surface area contributed by atoms with Gasteiger partial charge in [-0.1, -0.05) is 18.1 Å². The van der Waals surface area contributed by atoms with Crippen LogP contribution in [-0.4, -0.2) is 31.3 Å². The first-order valence-corrected chi connectivity index (χ1v) is 8.76. The van der Waals surface area contributed by atoms with Gasteiger partial charge in [-0.15, -0.1) is 0 Å². The molecule has 1 saturated carbocycles. The summed E-state index contributed by atoms with van der Waals surface area (Å²) in [5.74, 6) is 6.08. The Morgan fingerprint density at radius 1 is 1.23 bits per heavy atom. The first kappa shape index (κ1) is 18.0. The number of methoxy groups -OCH3 is 1. The summed E-state index contributed by atoms with van der Waals surface area (Å²) in [7, 11) is 1.71. The Kier molecular flexibility index (Phi) is 5.88. The highest BCUT2D eigenvalue weighted by Gasteiger charge is 2.42. The number of amides is 2. The number of urea groups is 1. The van der Waals surface area contributed by atoms with Crippen molar-refractivity contribution >= 4 is 11.7 Å². The molecule has 5 heteroatoms. The van der Waals surface area contributed by atoms with Crippen LogP contribution in [0, 0.1) is 17.3 Å². The van der Waals surface area contributed by atoms with Gasteiger partial charge in [-0.25, -0.2) is 9.78 Å². The number of carbonyl (C=O) groups is 1. The maximum atomic E-state index is 12.2. The highest BCUT2D eigenvalue weighted by atomic mass is 16.5. The number of pyridine rings is 1. The summed E-state index contributed by atoms with van der Waals surface area (Å²) in [6.07, 6.45) is 5.00. The van der Waals surface area contributed by atoms with Gasteiger partial charge in [0.1, 0.15) is 5.69 Å². The van der Waals surface area contributed by atoms with Crippen molar-refractivity contribution in [3.8, 4) is 11.8 Å². The fourth-order valence-electron chi connectivity index (χ4n) is 2.70. The number of hydrogen-bond acceptors (Lipinski definition) is 3. The monoisotopic (exact) mass is 349 g/mol. The summed E-state index contributed by atoms with van der Waals surface area (Å²) in [5.41, 5.74) is 2.49. The number of ether oxygens (including phenoxy) is 1. The fraction of sp³-hybridized carbons (Fsp3) is 0.333. The third-order valence-corrected chi connectivity index (χ3v) is 4.54. The van der Waals surface area contributed by atoms with E-state index in [1.165, 1.54) is 0 Å². The number of carbonyl (C=O) groups excluding carboxylic acids is 1. The molecule has 1 fully saturated rings. The molecule has 2 N–H and O–H groups in total. The second-order valence-corrected chi connectivity index (χ2v) is 6.60. The van der Waals surface area contributed by atoms with Crippen molar-refractivity contribution in [1.29, 1.82) is 0 Å². The number of hydrogen-bond donors (Lipinski definition) is 2. The van der Waals surface area contributed by atoms with Crippen molar-refractivity contribution in [1.82, 2.24) is 10.3 Å². The normalized spacial score (nSPS) is 14.0. The highest BCUT2D eigenvalue weighted by Crippen LogP contribution is 2.48. The second-order valence-electron chi connectivity index (χ2n) is 6.60. The molecule has 2 aromatic rings. The summed E-state index contributed by atoms with van der Waals surface area (Å²) >= 11 is 0. The minimum Gasteiger partial charge on any atom is -0.385 e. The summed E-state index contributed by atoms with van der Waals surface area (Å²) in [6.45, 7) is 1.42. The zero-order chi connectivity index (χ0) is 18.2. The zero-order valence-corrected chi connectivity index (χ0v) is 14.9. The van der Waals surface area contributed by atoms with Gasteiger partial charge in [-0.05, 0) is 60.9 Å². The van der Waals surface area contributed by atoms with Gasteiger partial charge >= 0.3 is 6.03 Å². The van der Waals surface area contributed by atoms with Gasteiger partial charge in [0, 0.05) is 37.7 Å². The number of aromatic nitrogens is 1. The number of nitrogens with zero attached hydrogens (tertiary/aromatic N) is 1. The van der Waals surface area contributed by atoms with Gasteiger partial charge in [-0.3, -0.25) is 0 Å².